The van der Waals surface area contributed by atoms with Crippen LogP contribution in [0.15, 0.2) is 11.6 Å². The van der Waals surface area contributed by atoms with Crippen molar-refractivity contribution in [1.82, 2.24) is 0 Å². The zero-order valence-electron chi connectivity index (χ0n) is 31.0. The van der Waals surface area contributed by atoms with Gasteiger partial charge in [0.15, 0.2) is 12.6 Å². The van der Waals surface area contributed by atoms with Crippen molar-refractivity contribution in [3.05, 3.63) is 11.6 Å². The first-order valence-corrected chi connectivity index (χ1v) is 19.3. The van der Waals surface area contributed by atoms with Crippen molar-refractivity contribution in [3.63, 3.8) is 0 Å². The second-order valence-electron chi connectivity index (χ2n) is 17.2. The number of rotatable bonds is 7. The molecule has 16 atom stereocenters. The van der Waals surface area contributed by atoms with Crippen LogP contribution in [0, 0.1) is 34.5 Å². The third kappa shape index (κ3) is 6.68. The van der Waals surface area contributed by atoms with E-state index in [4.69, 9.17) is 33.2 Å². The summed E-state index contributed by atoms with van der Waals surface area (Å²) < 4.78 is 41.7. The fourth-order valence-electron chi connectivity index (χ4n) is 11.9. The smallest absolute Gasteiger partial charge is 0.331 e. The second kappa shape index (κ2) is 14.0. The highest BCUT2D eigenvalue weighted by Gasteiger charge is 2.67. The van der Waals surface area contributed by atoms with Gasteiger partial charge in [-0.3, -0.25) is 9.59 Å². The highest BCUT2D eigenvalue weighted by Crippen LogP contribution is 2.70. The Kier molecular flexibility index (Phi) is 10.2. The number of aliphatic hydroxyl groups excluding tert-OH is 1. The molecule has 2 N–H and O–H groups in total. The first-order valence-electron chi connectivity index (χ1n) is 19.3. The van der Waals surface area contributed by atoms with Crippen molar-refractivity contribution in [2.75, 3.05) is 6.61 Å². The van der Waals surface area contributed by atoms with Crippen molar-refractivity contribution in [1.29, 1.82) is 0 Å². The molecule has 286 valence electrons. The van der Waals surface area contributed by atoms with Crippen LogP contribution in [0.5, 0.6) is 0 Å². The average molecular weight is 719 g/mol. The van der Waals surface area contributed by atoms with Gasteiger partial charge in [-0.05, 0) is 106 Å². The summed E-state index contributed by atoms with van der Waals surface area (Å²) in [6, 6.07) is 0. The molecular weight excluding hydrogens is 660 g/mol. The van der Waals surface area contributed by atoms with E-state index in [1.165, 1.54) is 13.8 Å². The van der Waals surface area contributed by atoms with E-state index in [2.05, 4.69) is 13.8 Å². The number of cyclic esters (lactones) is 1. The van der Waals surface area contributed by atoms with E-state index in [0.717, 1.165) is 63.4 Å². The topological polar surface area (TPSA) is 156 Å². The van der Waals surface area contributed by atoms with Crippen molar-refractivity contribution in [2.45, 2.75) is 173 Å². The van der Waals surface area contributed by atoms with Crippen LogP contribution >= 0.6 is 0 Å². The van der Waals surface area contributed by atoms with Crippen LogP contribution in [0.1, 0.15) is 112 Å². The third-order valence-corrected chi connectivity index (χ3v) is 14.5. The Balaban J connectivity index is 0.981. The maximum Gasteiger partial charge on any atom is 0.331 e. The summed E-state index contributed by atoms with van der Waals surface area (Å²) in [6.45, 7) is 11.3. The standard InChI is InChI=1S/C39H58O12/c1-20-35(43)30(48-22(3)40)17-34(46-20)51-36-21(2)47-33(18-31(36)49-23(4)41)50-26-9-12-37(5)25(16-26)7-8-29-28(37)10-13-38(6)27(11-14-39(29,38)44)24-15-32(42)45-19-24/h15,20-21,25-31,33-36,43-44H,7-14,16-19H2,1-6H3/t20-,21-,25-,26+,27-,28+,29-,30+,31+,33+,34+,35-,36-,37+,38-,39+/m1/s1. The van der Waals surface area contributed by atoms with E-state index in [1.807, 2.05) is 6.92 Å². The van der Waals surface area contributed by atoms with E-state index >= 15 is 0 Å². The van der Waals surface area contributed by atoms with Crippen LogP contribution in [0.4, 0.5) is 0 Å². The van der Waals surface area contributed by atoms with E-state index in [0.29, 0.717) is 24.9 Å². The van der Waals surface area contributed by atoms with Crippen molar-refractivity contribution in [3.8, 4) is 0 Å². The fraction of sp³-hybridized carbons (Fsp3) is 0.872. The largest absolute Gasteiger partial charge is 0.459 e. The Labute approximate surface area is 301 Å². The summed E-state index contributed by atoms with van der Waals surface area (Å²) in [5, 5.41) is 23.1. The minimum atomic E-state index is -0.982. The van der Waals surface area contributed by atoms with Gasteiger partial charge in [0.1, 0.15) is 31.0 Å². The number of ether oxygens (including phenoxy) is 7. The molecular formula is C39H58O12. The molecule has 0 aromatic carbocycles. The van der Waals surface area contributed by atoms with E-state index < -0.39 is 66.7 Å². The van der Waals surface area contributed by atoms with Gasteiger partial charge in [0.05, 0.1) is 23.9 Å². The van der Waals surface area contributed by atoms with Gasteiger partial charge in [-0.2, -0.15) is 0 Å². The number of fused-ring (bicyclic) bond motifs is 5. The van der Waals surface area contributed by atoms with Gasteiger partial charge in [0, 0.05) is 38.2 Å². The maximum atomic E-state index is 12.6. The monoisotopic (exact) mass is 718 g/mol. The number of carbonyl (C=O) groups is 3. The fourth-order valence-corrected chi connectivity index (χ4v) is 11.9. The molecule has 3 heterocycles. The predicted molar refractivity (Wildman–Crippen MR) is 180 cm³/mol. The molecule has 7 rings (SSSR count). The molecule has 6 fully saturated rings. The molecule has 0 unspecified atom stereocenters. The van der Waals surface area contributed by atoms with Crippen molar-refractivity contribution < 1.29 is 57.8 Å². The van der Waals surface area contributed by atoms with Gasteiger partial charge in [-0.25, -0.2) is 4.79 Å². The highest BCUT2D eigenvalue weighted by atomic mass is 16.7. The minimum absolute atomic E-state index is 0.000388. The van der Waals surface area contributed by atoms with Gasteiger partial charge in [0.25, 0.3) is 0 Å². The van der Waals surface area contributed by atoms with Crippen LogP contribution in [0.3, 0.4) is 0 Å². The Bertz CT molecular complexity index is 1380. The van der Waals surface area contributed by atoms with E-state index in [-0.39, 0.29) is 41.2 Å². The molecule has 0 radical (unpaired) electrons. The van der Waals surface area contributed by atoms with Crippen molar-refractivity contribution in [2.24, 2.45) is 34.5 Å². The number of aliphatic hydroxyl groups is 2. The maximum absolute atomic E-state index is 12.6. The lowest BCUT2D eigenvalue weighted by Gasteiger charge is -2.64. The minimum Gasteiger partial charge on any atom is -0.459 e. The zero-order chi connectivity index (χ0) is 36.5. The van der Waals surface area contributed by atoms with Gasteiger partial charge in [0.2, 0.25) is 0 Å². The molecule has 0 aromatic heterocycles. The van der Waals surface area contributed by atoms with Crippen LogP contribution in [-0.2, 0) is 47.5 Å². The molecule has 4 saturated carbocycles. The molecule has 3 aliphatic heterocycles. The lowest BCUT2D eigenvalue weighted by Crippen LogP contribution is -2.62. The average Bonchev–Trinajstić information content (AvgIpc) is 3.60. The van der Waals surface area contributed by atoms with Gasteiger partial charge < -0.3 is 43.4 Å². The Morgan fingerprint density at radius 1 is 0.824 bits per heavy atom. The first kappa shape index (κ1) is 37.2. The summed E-state index contributed by atoms with van der Waals surface area (Å²) in [5.41, 5.74) is 0.177. The highest BCUT2D eigenvalue weighted by molar-refractivity contribution is 5.85. The molecule has 0 aromatic rings. The number of esters is 3. The molecule has 51 heavy (non-hydrogen) atoms. The summed E-state index contributed by atoms with van der Waals surface area (Å²) in [7, 11) is 0. The number of carbonyl (C=O) groups excluding carboxylic acids is 3. The van der Waals surface area contributed by atoms with Crippen molar-refractivity contribution >= 4 is 17.9 Å². The Morgan fingerprint density at radius 3 is 2.22 bits per heavy atom. The molecule has 12 nitrogen and oxygen atoms in total. The SMILES string of the molecule is CC(=O)O[C@H]1C[C@H](O[C@H]2[C@@H](OC(C)=O)C[C@H](O[C@H]3CC[C@@]4(C)[C@H](CC[C@@H]5[C@@H]4CC[C@]4(C)[C@@H](C6=CC(=O)OC6)CC[C@]54O)C3)O[C@@H]2C)O[C@H](C)[C@H]1O. The lowest BCUT2D eigenvalue weighted by atomic mass is 9.43. The first-order chi connectivity index (χ1) is 24.1. The van der Waals surface area contributed by atoms with E-state index in [9.17, 15) is 24.6 Å². The van der Waals surface area contributed by atoms with Crippen LogP contribution < -0.4 is 0 Å². The van der Waals surface area contributed by atoms with Gasteiger partial charge >= 0.3 is 17.9 Å². The lowest BCUT2D eigenvalue weighted by molar-refractivity contribution is -0.319. The van der Waals surface area contributed by atoms with Crippen LogP contribution in [0.2, 0.25) is 0 Å². The molecule has 7 aliphatic rings. The Morgan fingerprint density at radius 2 is 1.51 bits per heavy atom. The molecule has 0 amide bonds. The quantitative estimate of drug-likeness (QED) is 0.216. The summed E-state index contributed by atoms with van der Waals surface area (Å²) in [5.74, 6) is 0.154. The normalized spacial score (nSPS) is 49.5. The predicted octanol–water partition coefficient (Wildman–Crippen LogP) is 4.51. The number of hydrogen-bond donors (Lipinski definition) is 2. The summed E-state index contributed by atoms with van der Waals surface area (Å²) in [4.78, 5) is 35.8. The number of hydrogen-bond acceptors (Lipinski definition) is 12. The molecule has 4 aliphatic carbocycles. The van der Waals surface area contributed by atoms with Crippen LogP contribution in [0.25, 0.3) is 0 Å². The molecule has 0 spiro atoms. The molecule has 12 heteroatoms. The van der Waals surface area contributed by atoms with Gasteiger partial charge in [-0.1, -0.05) is 13.8 Å². The summed E-state index contributed by atoms with van der Waals surface area (Å²) >= 11 is 0. The third-order valence-electron chi connectivity index (χ3n) is 14.5. The van der Waals surface area contributed by atoms with E-state index in [1.54, 1.807) is 13.0 Å². The second-order valence-corrected chi connectivity index (χ2v) is 17.2. The molecule has 0 bridgehead atoms. The zero-order valence-corrected chi connectivity index (χ0v) is 31.0. The molecule has 2 saturated heterocycles. The van der Waals surface area contributed by atoms with Gasteiger partial charge in [-0.15, -0.1) is 0 Å². The Hall–Kier alpha value is -2.09. The summed E-state index contributed by atoms with van der Waals surface area (Å²) in [6.07, 6.45) is 5.13. The van der Waals surface area contributed by atoms with Crippen LogP contribution in [-0.4, -0.2) is 95.6 Å².